The number of aromatic amines is 1. The summed E-state index contributed by atoms with van der Waals surface area (Å²) in [6.45, 7) is 1.82. The van der Waals surface area contributed by atoms with Crippen LogP contribution in [0.15, 0.2) is 82.4 Å². The molecule has 182 valence electrons. The molecule has 1 aliphatic heterocycles. The summed E-state index contributed by atoms with van der Waals surface area (Å²) in [5.41, 5.74) is 1.36. The average Bonchev–Trinajstić information content (AvgIpc) is 2.91. The number of rotatable bonds is 4. The van der Waals surface area contributed by atoms with Crippen molar-refractivity contribution in [1.82, 2.24) is 19.4 Å². The highest BCUT2D eigenvalue weighted by Crippen LogP contribution is 2.15. The molecular weight excluding hydrogens is 463 g/mol. The minimum Gasteiger partial charge on any atom is -0.335 e. The van der Waals surface area contributed by atoms with Gasteiger partial charge in [0.1, 0.15) is 5.82 Å². The minimum absolute atomic E-state index is 0.137. The Morgan fingerprint density at radius 3 is 1.86 bits per heavy atom. The zero-order chi connectivity index (χ0) is 25.2. The Labute approximate surface area is 205 Å². The summed E-state index contributed by atoms with van der Waals surface area (Å²) in [4.78, 5) is 55.8. The lowest BCUT2D eigenvalue weighted by Gasteiger charge is -2.35. The summed E-state index contributed by atoms with van der Waals surface area (Å²) < 4.78 is 14.6. The van der Waals surface area contributed by atoms with Crippen LogP contribution in [0.4, 0.5) is 4.39 Å². The molecule has 0 bridgehead atoms. The van der Waals surface area contributed by atoms with Crippen LogP contribution in [-0.2, 0) is 6.54 Å². The molecule has 0 radical (unpaired) electrons. The predicted octanol–water partition coefficient (Wildman–Crippen LogP) is 2.48. The van der Waals surface area contributed by atoms with E-state index in [1.54, 1.807) is 58.3 Å². The lowest BCUT2D eigenvalue weighted by Crippen LogP contribution is -2.50. The van der Waals surface area contributed by atoms with E-state index in [2.05, 4.69) is 4.98 Å². The van der Waals surface area contributed by atoms with Gasteiger partial charge in [0.15, 0.2) is 0 Å². The number of aromatic nitrogens is 2. The third-order valence-electron chi connectivity index (χ3n) is 6.39. The number of para-hydroxylation sites is 1. The van der Waals surface area contributed by atoms with Gasteiger partial charge in [-0.25, -0.2) is 9.18 Å². The molecular formula is C27H23FN4O4. The summed E-state index contributed by atoms with van der Waals surface area (Å²) in [7, 11) is 0. The van der Waals surface area contributed by atoms with Crippen molar-refractivity contribution >= 4 is 22.7 Å². The topological polar surface area (TPSA) is 95.5 Å². The van der Waals surface area contributed by atoms with E-state index in [1.807, 2.05) is 0 Å². The van der Waals surface area contributed by atoms with Crippen LogP contribution in [0.3, 0.4) is 0 Å². The molecule has 0 spiro atoms. The van der Waals surface area contributed by atoms with Gasteiger partial charge in [-0.1, -0.05) is 24.3 Å². The number of H-pyrrole nitrogens is 1. The van der Waals surface area contributed by atoms with E-state index in [1.165, 1.54) is 28.8 Å². The third kappa shape index (κ3) is 4.55. The van der Waals surface area contributed by atoms with Crippen LogP contribution in [0.2, 0.25) is 0 Å². The van der Waals surface area contributed by atoms with E-state index in [-0.39, 0.29) is 18.4 Å². The van der Waals surface area contributed by atoms with Crippen LogP contribution in [0.5, 0.6) is 0 Å². The highest BCUT2D eigenvalue weighted by Gasteiger charge is 2.25. The molecule has 1 aliphatic rings. The number of carbonyl (C=O) groups excluding carboxylic acids is 2. The molecule has 2 heterocycles. The third-order valence-corrected chi connectivity index (χ3v) is 6.39. The lowest BCUT2D eigenvalue weighted by atomic mass is 10.1. The van der Waals surface area contributed by atoms with Crippen molar-refractivity contribution in [3.05, 3.63) is 116 Å². The Balaban J connectivity index is 1.25. The van der Waals surface area contributed by atoms with E-state index in [0.29, 0.717) is 48.2 Å². The van der Waals surface area contributed by atoms with Gasteiger partial charge in [0.2, 0.25) is 0 Å². The first kappa shape index (κ1) is 23.2. The summed E-state index contributed by atoms with van der Waals surface area (Å²) in [6.07, 6.45) is 0. The van der Waals surface area contributed by atoms with Crippen molar-refractivity contribution in [1.29, 1.82) is 0 Å². The van der Waals surface area contributed by atoms with Gasteiger partial charge in [-0.05, 0) is 54.1 Å². The maximum atomic E-state index is 13.1. The second kappa shape index (κ2) is 9.61. The van der Waals surface area contributed by atoms with Gasteiger partial charge in [-0.3, -0.25) is 23.9 Å². The summed E-state index contributed by atoms with van der Waals surface area (Å²) in [6, 6.07) is 19.3. The van der Waals surface area contributed by atoms with Crippen LogP contribution >= 0.6 is 0 Å². The number of carbonyl (C=O) groups is 2. The van der Waals surface area contributed by atoms with E-state index >= 15 is 0 Å². The van der Waals surface area contributed by atoms with Gasteiger partial charge in [-0.15, -0.1) is 0 Å². The van der Waals surface area contributed by atoms with Crippen molar-refractivity contribution in [3.63, 3.8) is 0 Å². The molecule has 3 aromatic carbocycles. The van der Waals surface area contributed by atoms with Crippen LogP contribution in [0, 0.1) is 5.82 Å². The number of nitrogens with zero attached hydrogens (tertiary/aromatic N) is 3. The smallest absolute Gasteiger partial charge is 0.329 e. The Hall–Kier alpha value is -4.53. The lowest BCUT2D eigenvalue weighted by molar-refractivity contribution is 0.0535. The fourth-order valence-corrected chi connectivity index (χ4v) is 4.40. The van der Waals surface area contributed by atoms with Gasteiger partial charge in [0.25, 0.3) is 17.4 Å². The second-order valence-electron chi connectivity index (χ2n) is 8.65. The number of piperazine rings is 1. The first-order valence-corrected chi connectivity index (χ1v) is 11.6. The first-order chi connectivity index (χ1) is 17.4. The highest BCUT2D eigenvalue weighted by molar-refractivity contribution is 5.96. The van der Waals surface area contributed by atoms with Crippen LogP contribution in [0.1, 0.15) is 26.3 Å². The molecule has 4 aromatic rings. The number of hydrogen-bond acceptors (Lipinski definition) is 4. The molecule has 1 saturated heterocycles. The number of benzene rings is 3. The fraction of sp³-hybridized carbons (Fsp3) is 0.185. The van der Waals surface area contributed by atoms with Gasteiger partial charge >= 0.3 is 5.69 Å². The molecule has 9 heteroatoms. The van der Waals surface area contributed by atoms with Crippen LogP contribution in [0.25, 0.3) is 10.9 Å². The van der Waals surface area contributed by atoms with Crippen molar-refractivity contribution < 1.29 is 14.0 Å². The fourth-order valence-electron chi connectivity index (χ4n) is 4.40. The number of fused-ring (bicyclic) bond motifs is 1. The molecule has 8 nitrogen and oxygen atoms in total. The Morgan fingerprint density at radius 2 is 1.28 bits per heavy atom. The Bertz CT molecular complexity index is 1550. The minimum atomic E-state index is -0.494. The standard InChI is InChI=1S/C27H23FN4O4/c28-21-11-9-20(10-12-21)26(35)31-15-13-30(14-16-31)25(34)19-7-5-18(6-8-19)17-32-23-4-2-1-3-22(23)24(33)29-27(32)36/h1-12H,13-17H2,(H,29,33,36). The second-order valence-corrected chi connectivity index (χ2v) is 8.65. The van der Waals surface area contributed by atoms with Crippen molar-refractivity contribution in [3.8, 4) is 0 Å². The predicted molar refractivity (Wildman–Crippen MR) is 133 cm³/mol. The number of amides is 2. The largest absolute Gasteiger partial charge is 0.335 e. The van der Waals surface area contributed by atoms with E-state index in [4.69, 9.17) is 0 Å². The van der Waals surface area contributed by atoms with Gasteiger partial charge < -0.3 is 9.80 Å². The summed E-state index contributed by atoms with van der Waals surface area (Å²) >= 11 is 0. The average molecular weight is 487 g/mol. The molecule has 1 N–H and O–H groups in total. The summed E-state index contributed by atoms with van der Waals surface area (Å²) in [5, 5.41) is 0.431. The summed E-state index contributed by atoms with van der Waals surface area (Å²) in [5.74, 6) is -0.717. The zero-order valence-electron chi connectivity index (χ0n) is 19.3. The molecule has 1 fully saturated rings. The maximum absolute atomic E-state index is 13.1. The van der Waals surface area contributed by atoms with E-state index in [9.17, 15) is 23.6 Å². The molecule has 2 amide bonds. The van der Waals surface area contributed by atoms with Gasteiger partial charge in [0.05, 0.1) is 17.4 Å². The quantitative estimate of drug-likeness (QED) is 0.480. The molecule has 1 aromatic heterocycles. The number of nitrogens with one attached hydrogen (secondary N) is 1. The number of hydrogen-bond donors (Lipinski definition) is 1. The molecule has 0 saturated carbocycles. The molecule has 5 rings (SSSR count). The number of halogens is 1. The molecule has 36 heavy (non-hydrogen) atoms. The highest BCUT2D eigenvalue weighted by atomic mass is 19.1. The molecule has 0 aliphatic carbocycles. The van der Waals surface area contributed by atoms with Gasteiger partial charge in [0, 0.05) is 37.3 Å². The Morgan fingerprint density at radius 1 is 0.750 bits per heavy atom. The van der Waals surface area contributed by atoms with Crippen LogP contribution < -0.4 is 11.2 Å². The van der Waals surface area contributed by atoms with Crippen LogP contribution in [-0.4, -0.2) is 57.3 Å². The molecule has 0 unspecified atom stereocenters. The normalized spacial score (nSPS) is 13.7. The van der Waals surface area contributed by atoms with Crippen molar-refractivity contribution in [2.75, 3.05) is 26.2 Å². The van der Waals surface area contributed by atoms with Crippen molar-refractivity contribution in [2.45, 2.75) is 6.54 Å². The van der Waals surface area contributed by atoms with Crippen molar-refractivity contribution in [2.24, 2.45) is 0 Å². The monoisotopic (exact) mass is 486 g/mol. The maximum Gasteiger partial charge on any atom is 0.329 e. The Kier molecular flexibility index (Phi) is 6.20. The zero-order valence-corrected chi connectivity index (χ0v) is 19.3. The van der Waals surface area contributed by atoms with E-state index in [0.717, 1.165) is 5.56 Å². The first-order valence-electron chi connectivity index (χ1n) is 11.6. The molecule has 0 atom stereocenters. The van der Waals surface area contributed by atoms with Gasteiger partial charge in [-0.2, -0.15) is 0 Å². The van der Waals surface area contributed by atoms with E-state index < -0.39 is 17.1 Å². The SMILES string of the molecule is O=C(c1ccc(F)cc1)N1CCN(C(=O)c2ccc(Cn3c(=O)[nH]c(=O)c4ccccc43)cc2)CC1.